The first-order chi connectivity index (χ1) is 18.1. The van der Waals surface area contributed by atoms with Gasteiger partial charge >= 0.3 is 5.97 Å². The lowest BCUT2D eigenvalue weighted by atomic mass is 9.81. The predicted octanol–water partition coefficient (Wildman–Crippen LogP) is 6.85. The molecule has 1 N–H and O–H groups in total. The average molecular weight is 538 g/mol. The number of carbonyl (C=O) groups excluding carboxylic acids is 1. The van der Waals surface area contributed by atoms with E-state index in [4.69, 9.17) is 15.9 Å². The summed E-state index contributed by atoms with van der Waals surface area (Å²) in [5.41, 5.74) is 3.81. The third kappa shape index (κ3) is 6.39. The first-order valence-corrected chi connectivity index (χ1v) is 13.8. The van der Waals surface area contributed by atoms with Gasteiger partial charge in [0.2, 0.25) is 8.03 Å². The molecule has 1 heterocycles. The van der Waals surface area contributed by atoms with Crippen LogP contribution in [0.1, 0.15) is 68.4 Å². The summed E-state index contributed by atoms with van der Waals surface area (Å²) < 4.78 is 37.4. The molecule has 3 atom stereocenters. The molecule has 6 nitrogen and oxygen atoms in total. The van der Waals surface area contributed by atoms with Crippen LogP contribution in [-0.4, -0.2) is 29.3 Å². The molecule has 0 fully saturated rings. The van der Waals surface area contributed by atoms with Gasteiger partial charge in [-0.3, -0.25) is 14.3 Å². The number of nitrogens with zero attached hydrogens (tertiary/aromatic N) is 1. The topological polar surface area (TPSA) is 85.7 Å². The largest absolute Gasteiger partial charge is 0.391 e. The maximum atomic E-state index is 14.0. The fourth-order valence-electron chi connectivity index (χ4n) is 4.68. The van der Waals surface area contributed by atoms with E-state index in [1.807, 2.05) is 58.0 Å². The van der Waals surface area contributed by atoms with Crippen molar-refractivity contribution in [2.75, 3.05) is 7.11 Å². The number of halogens is 1. The minimum Gasteiger partial charge on any atom is -0.391 e. The van der Waals surface area contributed by atoms with Gasteiger partial charge in [0.05, 0.1) is 23.9 Å². The van der Waals surface area contributed by atoms with E-state index in [1.165, 1.54) is 19.2 Å². The van der Waals surface area contributed by atoms with Crippen LogP contribution in [0.3, 0.4) is 0 Å². The van der Waals surface area contributed by atoms with Crippen LogP contribution in [0.15, 0.2) is 54.6 Å². The molecule has 0 saturated carbocycles. The van der Waals surface area contributed by atoms with Crippen molar-refractivity contribution in [3.63, 3.8) is 0 Å². The molecule has 0 aliphatic heterocycles. The SMILES string of the molecule is C#COC(=O)CC(O)C(c1c(C(C)C)nc(-c2ccccc2)c(C(C)C)c1-c1ccc(F)cc1)[PH](=O)OC. The Morgan fingerprint density at radius 1 is 1.03 bits per heavy atom. The monoisotopic (exact) mass is 537 g/mol. The maximum absolute atomic E-state index is 14.0. The normalized spacial score (nSPS) is 13.7. The van der Waals surface area contributed by atoms with Crippen LogP contribution in [0, 0.1) is 18.3 Å². The van der Waals surface area contributed by atoms with Gasteiger partial charge in [0.15, 0.2) is 0 Å². The summed E-state index contributed by atoms with van der Waals surface area (Å²) in [5, 5.41) is 11.3. The summed E-state index contributed by atoms with van der Waals surface area (Å²) >= 11 is 0. The zero-order valence-electron chi connectivity index (χ0n) is 22.2. The molecule has 38 heavy (non-hydrogen) atoms. The van der Waals surface area contributed by atoms with Crippen molar-refractivity contribution in [1.82, 2.24) is 4.98 Å². The number of hydrogen-bond acceptors (Lipinski definition) is 6. The average Bonchev–Trinajstić information content (AvgIpc) is 2.89. The minimum atomic E-state index is -2.96. The number of pyridine rings is 1. The van der Waals surface area contributed by atoms with Crippen LogP contribution >= 0.6 is 8.03 Å². The number of aromatic nitrogens is 1. The van der Waals surface area contributed by atoms with Crippen molar-refractivity contribution in [2.24, 2.45) is 0 Å². The number of hydrogen-bond donors (Lipinski definition) is 1. The van der Waals surface area contributed by atoms with Crippen LogP contribution in [0.2, 0.25) is 0 Å². The maximum Gasteiger partial charge on any atom is 0.322 e. The Kier molecular flexibility index (Phi) is 9.99. The summed E-state index contributed by atoms with van der Waals surface area (Å²) in [4.78, 5) is 17.3. The number of ether oxygens (including phenoxy) is 1. The van der Waals surface area contributed by atoms with E-state index in [0.29, 0.717) is 22.4 Å². The highest BCUT2D eigenvalue weighted by Crippen LogP contribution is 2.52. The molecule has 3 rings (SSSR count). The Hall–Kier alpha value is -3.30. The molecule has 1 aromatic heterocycles. The zero-order valence-corrected chi connectivity index (χ0v) is 23.2. The van der Waals surface area contributed by atoms with Crippen LogP contribution in [0.25, 0.3) is 22.4 Å². The van der Waals surface area contributed by atoms with Gasteiger partial charge in [-0.05, 0) is 46.2 Å². The van der Waals surface area contributed by atoms with Gasteiger partial charge in [-0.1, -0.05) is 76.6 Å². The van der Waals surface area contributed by atoms with E-state index in [1.54, 1.807) is 18.2 Å². The first kappa shape index (κ1) is 29.3. The number of terminal acetylenes is 1. The molecule has 200 valence electrons. The fraction of sp³-hybridized carbons (Fsp3) is 0.333. The lowest BCUT2D eigenvalue weighted by Crippen LogP contribution is -2.24. The third-order valence-corrected chi connectivity index (χ3v) is 7.89. The molecule has 8 heteroatoms. The van der Waals surface area contributed by atoms with E-state index in [2.05, 4.69) is 4.74 Å². The molecule has 2 aromatic carbocycles. The van der Waals surface area contributed by atoms with Crippen LogP contribution in [-0.2, 0) is 18.6 Å². The van der Waals surface area contributed by atoms with Gasteiger partial charge in [-0.15, -0.1) is 0 Å². The molecule has 0 aliphatic rings. The summed E-state index contributed by atoms with van der Waals surface area (Å²) in [5.74, 6) is -1.45. The number of carbonyl (C=O) groups is 1. The van der Waals surface area contributed by atoms with Crippen molar-refractivity contribution >= 4 is 14.0 Å². The van der Waals surface area contributed by atoms with Gasteiger partial charge < -0.3 is 14.4 Å². The second-order valence-electron chi connectivity index (χ2n) is 9.59. The van der Waals surface area contributed by atoms with Crippen molar-refractivity contribution in [3.05, 3.63) is 77.2 Å². The minimum absolute atomic E-state index is 0.0632. The van der Waals surface area contributed by atoms with E-state index in [0.717, 1.165) is 16.8 Å². The Balaban J connectivity index is 2.50. The highest BCUT2D eigenvalue weighted by atomic mass is 31.1. The van der Waals surface area contributed by atoms with Gasteiger partial charge in [0, 0.05) is 18.4 Å². The molecule has 0 aliphatic carbocycles. The number of aliphatic hydroxyl groups is 1. The Labute approximate surface area is 224 Å². The first-order valence-electron chi connectivity index (χ1n) is 12.4. The quantitative estimate of drug-likeness (QED) is 0.173. The van der Waals surface area contributed by atoms with E-state index in [9.17, 15) is 18.9 Å². The summed E-state index contributed by atoms with van der Waals surface area (Å²) in [6, 6.07) is 15.7. The second kappa shape index (κ2) is 13.0. The lowest BCUT2D eigenvalue weighted by Gasteiger charge is -2.31. The number of aliphatic hydroxyl groups excluding tert-OH is 1. The van der Waals surface area contributed by atoms with Crippen LogP contribution in [0.5, 0.6) is 0 Å². The number of benzene rings is 2. The molecule has 0 spiro atoms. The van der Waals surface area contributed by atoms with E-state index in [-0.39, 0.29) is 11.8 Å². The number of esters is 1. The second-order valence-corrected chi connectivity index (χ2v) is 11.3. The van der Waals surface area contributed by atoms with Crippen molar-refractivity contribution in [2.45, 2.75) is 57.7 Å². The molecule has 0 radical (unpaired) electrons. The summed E-state index contributed by atoms with van der Waals surface area (Å²) in [7, 11) is -1.67. The molecule has 0 saturated heterocycles. The van der Waals surface area contributed by atoms with Crippen molar-refractivity contribution in [1.29, 1.82) is 0 Å². The Morgan fingerprint density at radius 3 is 2.18 bits per heavy atom. The predicted molar refractivity (Wildman–Crippen MR) is 148 cm³/mol. The van der Waals surface area contributed by atoms with Gasteiger partial charge in [-0.25, -0.2) is 4.39 Å². The fourth-order valence-corrected chi connectivity index (χ4v) is 5.90. The van der Waals surface area contributed by atoms with Crippen LogP contribution < -0.4 is 0 Å². The number of rotatable bonds is 10. The van der Waals surface area contributed by atoms with Crippen molar-refractivity contribution in [3.8, 4) is 34.9 Å². The zero-order chi connectivity index (χ0) is 28.0. The smallest absolute Gasteiger partial charge is 0.322 e. The summed E-state index contributed by atoms with van der Waals surface area (Å²) in [6.07, 6.45) is 4.96. The van der Waals surface area contributed by atoms with Crippen molar-refractivity contribution < 1.29 is 28.1 Å². The van der Waals surface area contributed by atoms with Gasteiger partial charge in [0.1, 0.15) is 11.9 Å². The molecule has 3 unspecified atom stereocenters. The molecule has 0 bridgehead atoms. The van der Waals surface area contributed by atoms with Gasteiger partial charge in [-0.2, -0.15) is 0 Å². The Morgan fingerprint density at radius 2 is 1.66 bits per heavy atom. The Bertz CT molecular complexity index is 1330. The highest BCUT2D eigenvalue weighted by molar-refractivity contribution is 7.39. The standard InChI is InChI=1S/C30H33FNO5P/c1-7-37-24(34)17-23(33)30(38(35)36-6)27-26(20-13-15-22(31)16-14-20)25(18(2)3)29(32-28(27)19(4)5)21-11-9-8-10-12-21/h1,8-16,18-19,23,30,33,38H,17H2,2-6H3. The summed E-state index contributed by atoms with van der Waals surface area (Å²) in [6.45, 7) is 7.93. The van der Waals surface area contributed by atoms with Crippen LogP contribution in [0.4, 0.5) is 4.39 Å². The molecule has 3 aromatic rings. The van der Waals surface area contributed by atoms with E-state index >= 15 is 0 Å². The third-order valence-electron chi connectivity index (χ3n) is 6.31. The molecular weight excluding hydrogens is 504 g/mol. The highest BCUT2D eigenvalue weighted by Gasteiger charge is 2.37. The molecule has 0 amide bonds. The van der Waals surface area contributed by atoms with E-state index < -0.39 is 38.0 Å². The van der Waals surface area contributed by atoms with Gasteiger partial charge in [0.25, 0.3) is 0 Å². The lowest BCUT2D eigenvalue weighted by molar-refractivity contribution is -0.139. The molecular formula is C30H33FNO5P.